The fourth-order valence-corrected chi connectivity index (χ4v) is 4.30. The monoisotopic (exact) mass is 433 g/mol. The predicted molar refractivity (Wildman–Crippen MR) is 105 cm³/mol. The zero-order valence-corrected chi connectivity index (χ0v) is 17.0. The number of fused-ring (bicyclic) bond motifs is 1. The van der Waals surface area contributed by atoms with Gasteiger partial charge in [-0.1, -0.05) is 12.1 Å². The molecule has 3 aromatic heterocycles. The van der Waals surface area contributed by atoms with Gasteiger partial charge < -0.3 is 9.42 Å². The summed E-state index contributed by atoms with van der Waals surface area (Å²) in [6.07, 6.45) is -0.734. The highest BCUT2D eigenvalue weighted by Crippen LogP contribution is 2.41. The second kappa shape index (κ2) is 7.35. The molecule has 1 amide bonds. The number of hydrogen-bond acceptors (Lipinski definition) is 5. The molecule has 5 rings (SSSR count). The van der Waals surface area contributed by atoms with Gasteiger partial charge in [-0.25, -0.2) is 4.98 Å². The topological polar surface area (TPSA) is 87.9 Å². The molecule has 164 valence electrons. The van der Waals surface area contributed by atoms with Crippen LogP contribution in [-0.4, -0.2) is 44.2 Å². The SMILES string of the molecule is CCc1cc(C(F)(F)F)c2c([C@H]3CCCN(C(=O)c4cc(C5CC5)[nH]n4)C3)noc2n1. The number of pyridine rings is 1. The van der Waals surface area contributed by atoms with E-state index in [0.29, 0.717) is 43.1 Å². The molecule has 0 spiro atoms. The molecule has 4 heterocycles. The number of aryl methyl sites for hydroxylation is 1. The Morgan fingerprint density at radius 3 is 2.77 bits per heavy atom. The smallest absolute Gasteiger partial charge is 0.337 e. The van der Waals surface area contributed by atoms with E-state index in [2.05, 4.69) is 20.3 Å². The maximum absolute atomic E-state index is 13.8. The number of piperidine rings is 1. The van der Waals surface area contributed by atoms with Crippen molar-refractivity contribution in [1.82, 2.24) is 25.2 Å². The molecule has 2 aliphatic rings. The molecule has 0 aromatic carbocycles. The van der Waals surface area contributed by atoms with Crippen LogP contribution in [0.15, 0.2) is 16.7 Å². The molecule has 0 radical (unpaired) electrons. The molecular weight excluding hydrogens is 411 g/mol. The number of halogens is 3. The van der Waals surface area contributed by atoms with Crippen LogP contribution in [0.5, 0.6) is 0 Å². The highest BCUT2D eigenvalue weighted by atomic mass is 19.4. The number of nitrogens with one attached hydrogen (secondary N) is 1. The summed E-state index contributed by atoms with van der Waals surface area (Å²) in [6.45, 7) is 2.53. The molecule has 0 bridgehead atoms. The number of carbonyl (C=O) groups is 1. The van der Waals surface area contributed by atoms with Gasteiger partial charge in [-0.05, 0) is 44.2 Å². The number of aromatic amines is 1. The van der Waals surface area contributed by atoms with E-state index >= 15 is 0 Å². The van der Waals surface area contributed by atoms with E-state index in [1.165, 1.54) is 0 Å². The van der Waals surface area contributed by atoms with Gasteiger partial charge in [0.2, 0.25) is 0 Å². The molecule has 1 atom stereocenters. The van der Waals surface area contributed by atoms with Gasteiger partial charge in [0, 0.05) is 36.3 Å². The Morgan fingerprint density at radius 2 is 2.06 bits per heavy atom. The lowest BCUT2D eigenvalue weighted by Crippen LogP contribution is -2.39. The first-order valence-corrected chi connectivity index (χ1v) is 10.6. The lowest BCUT2D eigenvalue weighted by molar-refractivity contribution is -0.136. The van der Waals surface area contributed by atoms with Crippen LogP contribution in [0.2, 0.25) is 0 Å². The van der Waals surface area contributed by atoms with Gasteiger partial charge in [0.15, 0.2) is 0 Å². The number of nitrogens with zero attached hydrogens (tertiary/aromatic N) is 4. The zero-order valence-electron chi connectivity index (χ0n) is 17.0. The molecule has 0 unspecified atom stereocenters. The average Bonchev–Trinajstić information content (AvgIpc) is 3.33. The number of H-pyrrole nitrogens is 1. The third-order valence-corrected chi connectivity index (χ3v) is 6.12. The van der Waals surface area contributed by atoms with Crippen LogP contribution in [-0.2, 0) is 12.6 Å². The van der Waals surface area contributed by atoms with E-state index < -0.39 is 11.7 Å². The average molecular weight is 433 g/mol. The summed E-state index contributed by atoms with van der Waals surface area (Å²) in [4.78, 5) is 18.8. The fraction of sp³-hybridized carbons (Fsp3) is 0.524. The van der Waals surface area contributed by atoms with Crippen molar-refractivity contribution in [2.75, 3.05) is 13.1 Å². The Balaban J connectivity index is 1.45. The maximum Gasteiger partial charge on any atom is 0.417 e. The van der Waals surface area contributed by atoms with Gasteiger partial charge in [0.25, 0.3) is 11.6 Å². The van der Waals surface area contributed by atoms with Gasteiger partial charge in [-0.15, -0.1) is 0 Å². The Bertz CT molecular complexity index is 1130. The first-order valence-electron chi connectivity index (χ1n) is 10.6. The summed E-state index contributed by atoms with van der Waals surface area (Å²) in [5.74, 6) is -0.134. The Morgan fingerprint density at radius 1 is 1.26 bits per heavy atom. The fourth-order valence-electron chi connectivity index (χ4n) is 4.30. The number of hydrogen-bond donors (Lipinski definition) is 1. The molecule has 1 aliphatic carbocycles. The first-order chi connectivity index (χ1) is 14.8. The van der Waals surface area contributed by atoms with Crippen molar-refractivity contribution < 1.29 is 22.5 Å². The number of alkyl halides is 3. The second-order valence-corrected chi connectivity index (χ2v) is 8.33. The van der Waals surface area contributed by atoms with Crippen molar-refractivity contribution in [3.63, 3.8) is 0 Å². The molecule has 10 heteroatoms. The molecule has 1 saturated carbocycles. The minimum atomic E-state index is -4.55. The highest BCUT2D eigenvalue weighted by Gasteiger charge is 2.38. The van der Waals surface area contributed by atoms with Crippen molar-refractivity contribution >= 4 is 17.0 Å². The van der Waals surface area contributed by atoms with E-state index in [1.54, 1.807) is 17.9 Å². The third-order valence-electron chi connectivity index (χ3n) is 6.12. The van der Waals surface area contributed by atoms with Crippen LogP contribution in [0.25, 0.3) is 11.1 Å². The van der Waals surface area contributed by atoms with E-state index in [-0.39, 0.29) is 35.2 Å². The number of likely N-dealkylation sites (tertiary alicyclic amines) is 1. The number of amides is 1. The van der Waals surface area contributed by atoms with Crippen molar-refractivity contribution in [2.24, 2.45) is 0 Å². The van der Waals surface area contributed by atoms with Crippen molar-refractivity contribution in [2.45, 2.75) is 57.0 Å². The molecule has 1 aliphatic heterocycles. The molecule has 3 aromatic rings. The quantitative estimate of drug-likeness (QED) is 0.658. The van der Waals surface area contributed by atoms with E-state index in [9.17, 15) is 18.0 Å². The third kappa shape index (κ3) is 3.68. The van der Waals surface area contributed by atoms with Gasteiger partial charge in [-0.3, -0.25) is 9.89 Å². The van der Waals surface area contributed by atoms with Crippen LogP contribution in [0.1, 0.15) is 77.6 Å². The second-order valence-electron chi connectivity index (χ2n) is 8.33. The lowest BCUT2D eigenvalue weighted by atomic mass is 9.91. The van der Waals surface area contributed by atoms with Crippen LogP contribution >= 0.6 is 0 Å². The largest absolute Gasteiger partial charge is 0.417 e. The van der Waals surface area contributed by atoms with E-state index in [1.807, 2.05) is 0 Å². The first kappa shape index (κ1) is 20.0. The van der Waals surface area contributed by atoms with Crippen LogP contribution in [0.4, 0.5) is 13.2 Å². The summed E-state index contributed by atoms with van der Waals surface area (Å²) in [5, 5.41) is 11.0. The summed E-state index contributed by atoms with van der Waals surface area (Å²) >= 11 is 0. The van der Waals surface area contributed by atoms with Crippen molar-refractivity contribution in [3.05, 3.63) is 40.5 Å². The molecule has 2 fully saturated rings. The van der Waals surface area contributed by atoms with Crippen molar-refractivity contribution in [3.8, 4) is 0 Å². The summed E-state index contributed by atoms with van der Waals surface area (Å²) < 4.78 is 46.6. The summed E-state index contributed by atoms with van der Waals surface area (Å²) in [6, 6.07) is 2.85. The van der Waals surface area contributed by atoms with Gasteiger partial charge in [0.1, 0.15) is 5.69 Å². The van der Waals surface area contributed by atoms with Gasteiger partial charge >= 0.3 is 6.18 Å². The van der Waals surface area contributed by atoms with E-state index in [0.717, 1.165) is 24.6 Å². The zero-order chi connectivity index (χ0) is 21.8. The van der Waals surface area contributed by atoms with Crippen LogP contribution in [0.3, 0.4) is 0 Å². The van der Waals surface area contributed by atoms with Crippen LogP contribution < -0.4 is 0 Å². The summed E-state index contributed by atoms with van der Waals surface area (Å²) in [7, 11) is 0. The Labute approximate surface area is 176 Å². The number of rotatable bonds is 4. The standard InChI is InChI=1S/C21H22F3N5O2/c1-2-13-8-14(21(22,23)24)17-18(28-31-19(17)25-13)12-4-3-7-29(10-12)20(30)16-9-15(26-27-16)11-5-6-11/h8-9,11-12H,2-7,10H2,1H3,(H,26,27)/t12-/m0/s1. The minimum absolute atomic E-state index is 0.0974. The minimum Gasteiger partial charge on any atom is -0.337 e. The molecule has 31 heavy (non-hydrogen) atoms. The highest BCUT2D eigenvalue weighted by molar-refractivity contribution is 5.92. The molecule has 1 saturated heterocycles. The van der Waals surface area contributed by atoms with E-state index in [4.69, 9.17) is 4.52 Å². The summed E-state index contributed by atoms with van der Waals surface area (Å²) in [5.41, 5.74) is 0.940. The molecule has 1 N–H and O–H groups in total. The normalized spacial score (nSPS) is 19.9. The van der Waals surface area contributed by atoms with Crippen molar-refractivity contribution in [1.29, 1.82) is 0 Å². The van der Waals surface area contributed by atoms with Gasteiger partial charge in [-0.2, -0.15) is 18.3 Å². The predicted octanol–water partition coefficient (Wildman–Crippen LogP) is 4.42. The molecule has 7 nitrogen and oxygen atoms in total. The number of carbonyl (C=O) groups excluding carboxylic acids is 1. The van der Waals surface area contributed by atoms with Crippen LogP contribution in [0, 0.1) is 0 Å². The molecular formula is C21H22F3N5O2. The lowest BCUT2D eigenvalue weighted by Gasteiger charge is -2.31. The van der Waals surface area contributed by atoms with Gasteiger partial charge in [0.05, 0.1) is 16.6 Å². The Kier molecular flexibility index (Phi) is 4.75. The maximum atomic E-state index is 13.8. The Hall–Kier alpha value is -2.91. The number of aromatic nitrogens is 4.